The Morgan fingerprint density at radius 3 is 2.45 bits per heavy atom. The molecule has 1 aliphatic rings. The number of carbonyl (C=O) groups excluding carboxylic acids is 1. The number of hydrogen-bond donors (Lipinski definition) is 0. The monoisotopic (exact) mass is 306 g/mol. The van der Waals surface area contributed by atoms with Crippen LogP contribution in [0.4, 0.5) is 0 Å². The minimum atomic E-state index is -0.447. The Bertz CT molecular complexity index is 548. The fraction of sp³-hybridized carbons (Fsp3) is 0.471. The van der Waals surface area contributed by atoms with Crippen LogP contribution in [0.15, 0.2) is 24.8 Å². The van der Waals surface area contributed by atoms with Gasteiger partial charge in [0.2, 0.25) is 5.75 Å². The molecule has 5 nitrogen and oxygen atoms in total. The Balaban J connectivity index is 2.37. The van der Waals surface area contributed by atoms with E-state index in [1.54, 1.807) is 19.2 Å². The standard InChI is InChI=1S/C17H22O5/c1-5-6-13(11-7-8-11)22-15-10-12(17(18)21-4)9-14(19-2)16(15)20-3/h5,9-11,13H,1,6-8H2,2-4H3/t13-/m0/s1. The maximum absolute atomic E-state index is 11.8. The molecule has 0 spiro atoms. The second kappa shape index (κ2) is 7.20. The maximum atomic E-state index is 11.8. The first-order valence-electron chi connectivity index (χ1n) is 7.26. The first kappa shape index (κ1) is 16.2. The summed E-state index contributed by atoms with van der Waals surface area (Å²) in [5.41, 5.74) is 0.364. The molecule has 1 aliphatic carbocycles. The number of ether oxygens (including phenoxy) is 4. The first-order valence-corrected chi connectivity index (χ1v) is 7.26. The molecule has 0 unspecified atom stereocenters. The number of hydrogen-bond acceptors (Lipinski definition) is 5. The van der Waals surface area contributed by atoms with E-state index in [1.807, 2.05) is 6.08 Å². The molecule has 5 heteroatoms. The summed E-state index contributed by atoms with van der Waals surface area (Å²) in [4.78, 5) is 11.8. The molecular weight excluding hydrogens is 284 g/mol. The van der Waals surface area contributed by atoms with Crippen LogP contribution in [0, 0.1) is 5.92 Å². The summed E-state index contributed by atoms with van der Waals surface area (Å²) in [5, 5.41) is 0. The fourth-order valence-corrected chi connectivity index (χ4v) is 2.38. The van der Waals surface area contributed by atoms with Gasteiger partial charge in [-0.15, -0.1) is 6.58 Å². The molecule has 120 valence electrons. The quantitative estimate of drug-likeness (QED) is 0.545. The van der Waals surface area contributed by atoms with Crippen molar-refractivity contribution >= 4 is 5.97 Å². The SMILES string of the molecule is C=CC[C@H](Oc1cc(C(=O)OC)cc(OC)c1OC)C1CC1. The number of benzene rings is 1. The minimum absolute atomic E-state index is 0.0315. The van der Waals surface area contributed by atoms with Gasteiger partial charge in [0.05, 0.1) is 26.9 Å². The predicted octanol–water partition coefficient (Wildman–Crippen LogP) is 3.22. The lowest BCUT2D eigenvalue weighted by atomic mass is 10.1. The van der Waals surface area contributed by atoms with Crippen LogP contribution in [-0.2, 0) is 4.74 Å². The fourth-order valence-electron chi connectivity index (χ4n) is 2.38. The van der Waals surface area contributed by atoms with E-state index < -0.39 is 5.97 Å². The van der Waals surface area contributed by atoms with Crippen LogP contribution >= 0.6 is 0 Å². The highest BCUT2D eigenvalue weighted by Crippen LogP contribution is 2.42. The largest absolute Gasteiger partial charge is 0.493 e. The second-order valence-corrected chi connectivity index (χ2v) is 5.22. The Labute approximate surface area is 130 Å². The molecule has 0 N–H and O–H groups in total. The molecule has 1 fully saturated rings. The van der Waals surface area contributed by atoms with Gasteiger partial charge in [-0.25, -0.2) is 4.79 Å². The zero-order chi connectivity index (χ0) is 16.1. The van der Waals surface area contributed by atoms with E-state index in [0.29, 0.717) is 28.7 Å². The van der Waals surface area contributed by atoms with Crippen molar-refractivity contribution in [1.29, 1.82) is 0 Å². The molecule has 22 heavy (non-hydrogen) atoms. The number of carbonyl (C=O) groups is 1. The highest BCUT2D eigenvalue weighted by atomic mass is 16.5. The molecule has 0 bridgehead atoms. The van der Waals surface area contributed by atoms with Gasteiger partial charge in [-0.1, -0.05) is 6.08 Å². The van der Waals surface area contributed by atoms with Crippen molar-refractivity contribution < 1.29 is 23.7 Å². The van der Waals surface area contributed by atoms with E-state index in [4.69, 9.17) is 18.9 Å². The van der Waals surface area contributed by atoms with E-state index in [2.05, 4.69) is 6.58 Å². The van der Waals surface area contributed by atoms with Crippen molar-refractivity contribution in [2.75, 3.05) is 21.3 Å². The summed E-state index contributed by atoms with van der Waals surface area (Å²) in [6.45, 7) is 3.78. The molecule has 0 aliphatic heterocycles. The van der Waals surface area contributed by atoms with Crippen LogP contribution in [0.5, 0.6) is 17.2 Å². The van der Waals surface area contributed by atoms with Crippen molar-refractivity contribution in [2.45, 2.75) is 25.4 Å². The van der Waals surface area contributed by atoms with Gasteiger partial charge in [-0.05, 0) is 30.9 Å². The van der Waals surface area contributed by atoms with E-state index >= 15 is 0 Å². The lowest BCUT2D eigenvalue weighted by Gasteiger charge is -2.21. The minimum Gasteiger partial charge on any atom is -0.493 e. The van der Waals surface area contributed by atoms with Crippen LogP contribution in [0.3, 0.4) is 0 Å². The zero-order valence-electron chi connectivity index (χ0n) is 13.3. The molecule has 0 amide bonds. The van der Waals surface area contributed by atoms with Gasteiger partial charge < -0.3 is 18.9 Å². The highest BCUT2D eigenvalue weighted by Gasteiger charge is 2.33. The van der Waals surface area contributed by atoms with E-state index in [9.17, 15) is 4.79 Å². The van der Waals surface area contributed by atoms with Crippen molar-refractivity contribution in [1.82, 2.24) is 0 Å². The van der Waals surface area contributed by atoms with Gasteiger partial charge in [0.15, 0.2) is 11.5 Å². The van der Waals surface area contributed by atoms with Crippen LogP contribution in [0.1, 0.15) is 29.6 Å². The van der Waals surface area contributed by atoms with Crippen LogP contribution < -0.4 is 14.2 Å². The van der Waals surface area contributed by atoms with Gasteiger partial charge in [0, 0.05) is 6.42 Å². The number of methoxy groups -OCH3 is 3. The lowest BCUT2D eigenvalue weighted by Crippen LogP contribution is -2.19. The van der Waals surface area contributed by atoms with E-state index in [0.717, 1.165) is 19.3 Å². The Morgan fingerprint density at radius 1 is 1.27 bits per heavy atom. The summed E-state index contributed by atoms with van der Waals surface area (Å²) in [6, 6.07) is 3.21. The number of esters is 1. The number of rotatable bonds is 8. The molecule has 1 aromatic carbocycles. The highest BCUT2D eigenvalue weighted by molar-refractivity contribution is 5.91. The van der Waals surface area contributed by atoms with Crippen LogP contribution in [0.2, 0.25) is 0 Å². The normalized spacial score (nSPS) is 14.9. The maximum Gasteiger partial charge on any atom is 0.338 e. The summed E-state index contributed by atoms with van der Waals surface area (Å²) in [6.07, 6.45) is 4.92. The summed E-state index contributed by atoms with van der Waals surface area (Å²) in [7, 11) is 4.40. The van der Waals surface area contributed by atoms with Crippen molar-refractivity contribution in [3.63, 3.8) is 0 Å². The Hall–Kier alpha value is -2.17. The summed E-state index contributed by atoms with van der Waals surface area (Å²) < 4.78 is 21.5. The van der Waals surface area contributed by atoms with Crippen LogP contribution in [0.25, 0.3) is 0 Å². The van der Waals surface area contributed by atoms with E-state index in [1.165, 1.54) is 14.2 Å². The molecule has 0 radical (unpaired) electrons. The van der Waals surface area contributed by atoms with Gasteiger partial charge in [-0.3, -0.25) is 0 Å². The third-order valence-corrected chi connectivity index (χ3v) is 3.69. The molecule has 1 saturated carbocycles. The summed E-state index contributed by atoms with van der Waals surface area (Å²) in [5.74, 6) is 1.48. The predicted molar refractivity (Wildman–Crippen MR) is 82.8 cm³/mol. The Morgan fingerprint density at radius 2 is 1.95 bits per heavy atom. The molecular formula is C17H22O5. The lowest BCUT2D eigenvalue weighted by molar-refractivity contribution is 0.0599. The van der Waals surface area contributed by atoms with Crippen molar-refractivity contribution in [3.8, 4) is 17.2 Å². The smallest absolute Gasteiger partial charge is 0.338 e. The molecule has 2 rings (SSSR count). The average Bonchev–Trinajstić information content (AvgIpc) is 3.37. The third-order valence-electron chi connectivity index (χ3n) is 3.69. The first-order chi connectivity index (χ1) is 10.6. The van der Waals surface area contributed by atoms with Crippen LogP contribution in [-0.4, -0.2) is 33.4 Å². The van der Waals surface area contributed by atoms with Crippen molar-refractivity contribution in [2.24, 2.45) is 5.92 Å². The second-order valence-electron chi connectivity index (χ2n) is 5.22. The molecule has 1 atom stereocenters. The van der Waals surface area contributed by atoms with Gasteiger partial charge in [0.1, 0.15) is 6.10 Å². The zero-order valence-corrected chi connectivity index (χ0v) is 13.3. The molecule has 0 aromatic heterocycles. The third kappa shape index (κ3) is 3.53. The molecule has 0 saturated heterocycles. The Kier molecular flexibility index (Phi) is 5.31. The topological polar surface area (TPSA) is 54.0 Å². The molecule has 1 aromatic rings. The molecule has 0 heterocycles. The van der Waals surface area contributed by atoms with Crippen molar-refractivity contribution in [3.05, 3.63) is 30.4 Å². The van der Waals surface area contributed by atoms with E-state index in [-0.39, 0.29) is 6.10 Å². The van der Waals surface area contributed by atoms with Gasteiger partial charge >= 0.3 is 5.97 Å². The van der Waals surface area contributed by atoms with Gasteiger partial charge in [-0.2, -0.15) is 0 Å². The summed E-state index contributed by atoms with van der Waals surface area (Å²) >= 11 is 0. The average molecular weight is 306 g/mol. The van der Waals surface area contributed by atoms with Gasteiger partial charge in [0.25, 0.3) is 0 Å².